The van der Waals surface area contributed by atoms with E-state index in [2.05, 4.69) is 21.2 Å². The van der Waals surface area contributed by atoms with Gasteiger partial charge in [-0.05, 0) is 62.8 Å². The molecule has 3 amide bonds. The normalized spacial score (nSPS) is 31.5. The van der Waals surface area contributed by atoms with Gasteiger partial charge in [-0.2, -0.15) is 0 Å². The van der Waals surface area contributed by atoms with Gasteiger partial charge in [0.05, 0.1) is 12.0 Å². The number of ether oxygens (including phenoxy) is 1. The monoisotopic (exact) mass is 622 g/mol. The second-order valence-electron chi connectivity index (χ2n) is 13.0. The molecule has 218 valence electrons. The molecular weight excluding hydrogens is 584 g/mol. The SMILES string of the molecule is C[C@H](CCCN1C(=O)C2C3(C)C(c4ccccc4)=C(c4ccccc4)C(C)(C3O)C2(Br)C1=O)NC(=O)OC(C)(C)C. The molecule has 2 aliphatic carbocycles. The van der Waals surface area contributed by atoms with Crippen LogP contribution >= 0.6 is 15.9 Å². The molecule has 6 atom stereocenters. The number of fused-ring (bicyclic) bond motifs is 5. The minimum Gasteiger partial charge on any atom is -0.444 e. The summed E-state index contributed by atoms with van der Waals surface area (Å²) in [5.74, 6) is -1.36. The molecule has 41 heavy (non-hydrogen) atoms. The van der Waals surface area contributed by atoms with Crippen molar-refractivity contribution in [1.82, 2.24) is 10.2 Å². The van der Waals surface area contributed by atoms with Crippen molar-refractivity contribution in [3.05, 3.63) is 71.8 Å². The number of hydrogen-bond donors (Lipinski definition) is 2. The Balaban J connectivity index is 1.47. The predicted molar refractivity (Wildman–Crippen MR) is 162 cm³/mol. The molecule has 7 nitrogen and oxygen atoms in total. The van der Waals surface area contributed by atoms with Crippen molar-refractivity contribution in [2.75, 3.05) is 6.54 Å². The molecule has 1 aliphatic heterocycles. The molecule has 0 aromatic heterocycles. The molecule has 2 bridgehead atoms. The van der Waals surface area contributed by atoms with Crippen LogP contribution in [-0.2, 0) is 14.3 Å². The number of benzene rings is 2. The number of aliphatic hydroxyl groups is 1. The number of amides is 3. The highest BCUT2D eigenvalue weighted by molar-refractivity contribution is 9.10. The van der Waals surface area contributed by atoms with E-state index >= 15 is 0 Å². The zero-order valence-corrected chi connectivity index (χ0v) is 26.1. The summed E-state index contributed by atoms with van der Waals surface area (Å²) in [7, 11) is 0. The highest BCUT2D eigenvalue weighted by Crippen LogP contribution is 2.79. The molecule has 0 radical (unpaired) electrons. The van der Waals surface area contributed by atoms with Crippen LogP contribution in [0.25, 0.3) is 11.1 Å². The fourth-order valence-corrected chi connectivity index (χ4v) is 8.78. The standard InChI is InChI=1S/C33H39BrN2O5/c1-20(35-29(40)41-30(2,3)4)14-13-19-36-26(37)25-31(5)23(21-15-9-7-10-16-21)24(22-17-11-8-12-18-22)32(6,27(31)38)33(25,34)28(36)39/h7-12,15-18,20,25,27,38H,13-14,19H2,1-6H3,(H,35,40)/t20-,25?,27?,31?,32?,33?/m1/s1. The minimum absolute atomic E-state index is 0.195. The van der Waals surface area contributed by atoms with E-state index in [1.165, 1.54) is 4.90 Å². The maximum absolute atomic E-state index is 14.3. The fraction of sp³-hybridized carbons (Fsp3) is 0.485. The average molecular weight is 624 g/mol. The minimum atomic E-state index is -1.30. The first-order valence-corrected chi connectivity index (χ1v) is 15.1. The first-order chi connectivity index (χ1) is 19.2. The van der Waals surface area contributed by atoms with E-state index in [4.69, 9.17) is 4.74 Å². The van der Waals surface area contributed by atoms with Gasteiger partial charge in [-0.25, -0.2) is 4.79 Å². The second kappa shape index (κ2) is 10.1. The topological polar surface area (TPSA) is 95.9 Å². The van der Waals surface area contributed by atoms with Crippen LogP contribution in [0.5, 0.6) is 0 Å². The molecular formula is C33H39BrN2O5. The number of rotatable bonds is 7. The summed E-state index contributed by atoms with van der Waals surface area (Å²) >= 11 is 3.85. The number of aliphatic hydroxyl groups excluding tert-OH is 1. The number of hydrogen-bond acceptors (Lipinski definition) is 5. The molecule has 1 heterocycles. The van der Waals surface area contributed by atoms with Gasteiger partial charge < -0.3 is 15.2 Å². The molecule has 1 saturated carbocycles. The largest absolute Gasteiger partial charge is 0.444 e. The lowest BCUT2D eigenvalue weighted by Crippen LogP contribution is -2.51. The highest BCUT2D eigenvalue weighted by atomic mass is 79.9. The molecule has 5 unspecified atom stereocenters. The van der Waals surface area contributed by atoms with Crippen molar-refractivity contribution in [3.63, 3.8) is 0 Å². The van der Waals surface area contributed by atoms with E-state index in [0.29, 0.717) is 12.8 Å². The van der Waals surface area contributed by atoms with Gasteiger partial charge in [0.15, 0.2) is 0 Å². The van der Waals surface area contributed by atoms with Gasteiger partial charge in [0.25, 0.3) is 0 Å². The zero-order chi connectivity index (χ0) is 30.0. The number of carbonyl (C=O) groups is 3. The number of alkyl halides is 1. The first kappa shape index (κ1) is 29.5. The van der Waals surface area contributed by atoms with Crippen molar-refractivity contribution in [1.29, 1.82) is 0 Å². The van der Waals surface area contributed by atoms with Gasteiger partial charge in [-0.15, -0.1) is 0 Å². The fourth-order valence-electron chi connectivity index (χ4n) is 7.48. The summed E-state index contributed by atoms with van der Waals surface area (Å²) in [5, 5.41) is 14.9. The summed E-state index contributed by atoms with van der Waals surface area (Å²) in [6.07, 6.45) is -0.370. The van der Waals surface area contributed by atoms with Gasteiger partial charge in [0.1, 0.15) is 9.93 Å². The Morgan fingerprint density at radius 3 is 2.10 bits per heavy atom. The third kappa shape index (κ3) is 4.28. The number of alkyl carbamates (subject to hydrolysis) is 1. The van der Waals surface area contributed by atoms with E-state index < -0.39 is 38.9 Å². The highest BCUT2D eigenvalue weighted by Gasteiger charge is 2.85. The van der Waals surface area contributed by atoms with E-state index in [9.17, 15) is 19.5 Å². The Labute approximate surface area is 250 Å². The first-order valence-electron chi connectivity index (χ1n) is 14.3. The van der Waals surface area contributed by atoms with Crippen molar-refractivity contribution in [3.8, 4) is 0 Å². The molecule has 8 heteroatoms. The van der Waals surface area contributed by atoms with Gasteiger partial charge >= 0.3 is 6.09 Å². The Hall–Kier alpha value is -2.97. The van der Waals surface area contributed by atoms with Gasteiger partial charge in [-0.1, -0.05) is 90.4 Å². The molecule has 1 saturated heterocycles. The van der Waals surface area contributed by atoms with Crippen molar-refractivity contribution < 1.29 is 24.2 Å². The van der Waals surface area contributed by atoms with Gasteiger partial charge in [-0.3, -0.25) is 14.5 Å². The lowest BCUT2D eigenvalue weighted by atomic mass is 9.63. The van der Waals surface area contributed by atoms with Crippen molar-refractivity contribution >= 4 is 45.0 Å². The number of likely N-dealkylation sites (tertiary alicyclic amines) is 1. The molecule has 3 aliphatic rings. The molecule has 0 spiro atoms. The summed E-state index contributed by atoms with van der Waals surface area (Å²) in [6.45, 7) is 11.4. The van der Waals surface area contributed by atoms with Crippen LogP contribution in [0.2, 0.25) is 0 Å². The Morgan fingerprint density at radius 2 is 1.56 bits per heavy atom. The van der Waals surface area contributed by atoms with Crippen LogP contribution in [-0.4, -0.2) is 56.5 Å². The molecule has 2 aromatic carbocycles. The number of halogens is 1. The average Bonchev–Trinajstić information content (AvgIpc) is 3.28. The second-order valence-corrected chi connectivity index (χ2v) is 14.2. The van der Waals surface area contributed by atoms with Crippen LogP contribution < -0.4 is 5.32 Å². The number of imide groups is 1. The molecule has 5 rings (SSSR count). The maximum atomic E-state index is 14.3. The molecule has 2 fully saturated rings. The van der Waals surface area contributed by atoms with E-state index in [1.807, 2.05) is 81.4 Å². The third-order valence-electron chi connectivity index (χ3n) is 9.15. The summed E-state index contributed by atoms with van der Waals surface area (Å²) in [4.78, 5) is 42.0. The van der Waals surface area contributed by atoms with Crippen LogP contribution in [0.4, 0.5) is 4.79 Å². The lowest BCUT2D eigenvalue weighted by Gasteiger charge is -2.42. The smallest absolute Gasteiger partial charge is 0.407 e. The van der Waals surface area contributed by atoms with E-state index in [-0.39, 0.29) is 24.4 Å². The predicted octanol–water partition coefficient (Wildman–Crippen LogP) is 5.81. The summed E-state index contributed by atoms with van der Waals surface area (Å²) in [6, 6.07) is 19.5. The number of carbonyl (C=O) groups excluding carboxylic acids is 3. The summed E-state index contributed by atoms with van der Waals surface area (Å²) < 4.78 is 4.04. The van der Waals surface area contributed by atoms with Crippen molar-refractivity contribution in [2.24, 2.45) is 16.7 Å². The lowest BCUT2D eigenvalue weighted by molar-refractivity contribution is -0.142. The summed E-state index contributed by atoms with van der Waals surface area (Å²) in [5.41, 5.74) is 1.01. The Bertz CT molecular complexity index is 1400. The maximum Gasteiger partial charge on any atom is 0.407 e. The van der Waals surface area contributed by atoms with Gasteiger partial charge in [0, 0.05) is 23.4 Å². The quantitative estimate of drug-likeness (QED) is 0.300. The van der Waals surface area contributed by atoms with Crippen LogP contribution in [0.3, 0.4) is 0 Å². The van der Waals surface area contributed by atoms with E-state index in [0.717, 1.165) is 22.3 Å². The molecule has 2 aromatic rings. The van der Waals surface area contributed by atoms with Crippen molar-refractivity contribution in [2.45, 2.75) is 76.5 Å². The Kier molecular flexibility index (Phi) is 7.26. The third-order valence-corrected chi connectivity index (χ3v) is 10.8. The van der Waals surface area contributed by atoms with Gasteiger partial charge in [0.2, 0.25) is 11.8 Å². The number of nitrogens with one attached hydrogen (secondary N) is 1. The van der Waals surface area contributed by atoms with Crippen LogP contribution in [0.15, 0.2) is 60.7 Å². The Morgan fingerprint density at radius 1 is 1.02 bits per heavy atom. The number of nitrogens with zero attached hydrogens (tertiary/aromatic N) is 1. The van der Waals surface area contributed by atoms with E-state index in [1.54, 1.807) is 20.8 Å². The van der Waals surface area contributed by atoms with Crippen LogP contribution in [0.1, 0.15) is 65.5 Å². The van der Waals surface area contributed by atoms with Crippen LogP contribution in [0, 0.1) is 16.7 Å². The zero-order valence-electron chi connectivity index (χ0n) is 24.5. The molecule has 2 N–H and O–H groups in total.